The lowest BCUT2D eigenvalue weighted by Gasteiger charge is -2.33. The minimum Gasteiger partial charge on any atom is -0.456 e. The summed E-state index contributed by atoms with van der Waals surface area (Å²) in [7, 11) is -0.367. The van der Waals surface area contributed by atoms with Gasteiger partial charge in [-0.3, -0.25) is 14.9 Å². The van der Waals surface area contributed by atoms with E-state index in [0.29, 0.717) is 11.8 Å². The van der Waals surface area contributed by atoms with Crippen LogP contribution in [0, 0.1) is 10.1 Å². The molecule has 1 aliphatic rings. The molecule has 1 aliphatic carbocycles. The van der Waals surface area contributed by atoms with Crippen molar-refractivity contribution in [2.75, 3.05) is 19.4 Å². The number of nitrogens with one attached hydrogen (secondary N) is 3. The minimum atomic E-state index is -4.44. The molecule has 214 valence electrons. The Balaban J connectivity index is 1.34. The van der Waals surface area contributed by atoms with Gasteiger partial charge in [0.2, 0.25) is 0 Å². The van der Waals surface area contributed by atoms with Crippen molar-refractivity contribution in [2.24, 2.45) is 0 Å². The van der Waals surface area contributed by atoms with Crippen LogP contribution in [0.1, 0.15) is 36.0 Å². The Labute approximate surface area is 237 Å². The van der Waals surface area contributed by atoms with Crippen molar-refractivity contribution in [3.8, 4) is 11.5 Å². The molecule has 1 heterocycles. The number of nitrogens with zero attached hydrogens (tertiary/aromatic N) is 2. The maximum absolute atomic E-state index is 13.2. The molecule has 3 aromatic carbocycles. The fourth-order valence-corrected chi connectivity index (χ4v) is 6.14. The number of hydrogen-bond donors (Lipinski definition) is 3. The van der Waals surface area contributed by atoms with Crippen molar-refractivity contribution < 1.29 is 22.9 Å². The first-order valence-corrected chi connectivity index (χ1v) is 14.7. The zero-order chi connectivity index (χ0) is 29.1. The molecule has 12 heteroatoms. The number of nitro benzene ring substituents is 1. The number of rotatable bonds is 9. The van der Waals surface area contributed by atoms with Crippen LogP contribution >= 0.6 is 0 Å². The number of hydrogen-bond acceptors (Lipinski definition) is 8. The number of carbonyl (C=O) groups is 1. The number of carbonyl (C=O) groups excluding carboxylic acids is 1. The van der Waals surface area contributed by atoms with Gasteiger partial charge >= 0.3 is 0 Å². The maximum Gasteiger partial charge on any atom is 0.293 e. The summed E-state index contributed by atoms with van der Waals surface area (Å²) in [4.78, 5) is 29.3. The highest BCUT2D eigenvalue weighted by Crippen LogP contribution is 2.33. The van der Waals surface area contributed by atoms with Crippen molar-refractivity contribution in [1.82, 2.24) is 14.6 Å². The van der Waals surface area contributed by atoms with Gasteiger partial charge < -0.3 is 19.9 Å². The van der Waals surface area contributed by atoms with E-state index < -0.39 is 25.7 Å². The van der Waals surface area contributed by atoms with Gasteiger partial charge in [0.1, 0.15) is 17.2 Å². The van der Waals surface area contributed by atoms with E-state index >= 15 is 0 Å². The van der Waals surface area contributed by atoms with Gasteiger partial charge in [-0.05, 0) is 82.2 Å². The fourth-order valence-electron chi connectivity index (χ4n) is 5.15. The van der Waals surface area contributed by atoms with E-state index in [9.17, 15) is 23.3 Å². The van der Waals surface area contributed by atoms with Crippen LogP contribution in [0.25, 0.3) is 10.9 Å². The molecular formula is C29H31N5O6S. The first-order valence-electron chi connectivity index (χ1n) is 13.2. The second-order valence-electron chi connectivity index (χ2n) is 10.3. The molecule has 3 N–H and O–H groups in total. The molecule has 1 saturated carbocycles. The number of fused-ring (bicyclic) bond motifs is 1. The van der Waals surface area contributed by atoms with Gasteiger partial charge in [-0.25, -0.2) is 13.1 Å². The predicted octanol–water partition coefficient (Wildman–Crippen LogP) is 5.27. The van der Waals surface area contributed by atoms with Crippen LogP contribution in [0.4, 0.5) is 11.4 Å². The number of H-pyrrole nitrogens is 1. The number of benzene rings is 3. The summed E-state index contributed by atoms with van der Waals surface area (Å²) in [6.07, 6.45) is 5.37. The summed E-state index contributed by atoms with van der Waals surface area (Å²) in [6.45, 7) is 0. The average Bonchev–Trinajstić information content (AvgIpc) is 3.43. The Hall–Kier alpha value is -4.42. The van der Waals surface area contributed by atoms with Gasteiger partial charge in [-0.15, -0.1) is 0 Å². The molecule has 41 heavy (non-hydrogen) atoms. The fraction of sp³-hybridized carbons (Fsp3) is 0.276. The maximum atomic E-state index is 13.2. The third-order valence-corrected chi connectivity index (χ3v) is 8.73. The molecule has 0 unspecified atom stereocenters. The number of ether oxygens (including phenoxy) is 1. The molecule has 0 bridgehead atoms. The average molecular weight is 578 g/mol. The summed E-state index contributed by atoms with van der Waals surface area (Å²) in [5, 5.41) is 15.9. The number of aromatic nitrogens is 1. The van der Waals surface area contributed by atoms with Crippen LogP contribution < -0.4 is 14.8 Å². The lowest BCUT2D eigenvalue weighted by molar-refractivity contribution is -0.384. The SMILES string of the molecule is CN(C)C1CCC(Nc2ccc(S(=O)(=O)NC(=O)c3ccccc3Oc3cccc4[nH]ccc34)cc2[N+](=O)[O-])CC1. The van der Waals surface area contributed by atoms with Gasteiger partial charge in [0.15, 0.2) is 0 Å². The third kappa shape index (κ3) is 6.18. The molecule has 4 aromatic rings. The van der Waals surface area contributed by atoms with Gasteiger partial charge in [-0.2, -0.15) is 0 Å². The van der Waals surface area contributed by atoms with Gasteiger partial charge in [0.05, 0.1) is 15.4 Å². The van der Waals surface area contributed by atoms with Crippen LogP contribution in [0.3, 0.4) is 0 Å². The summed E-state index contributed by atoms with van der Waals surface area (Å²) in [6, 6.07) is 17.6. The summed E-state index contributed by atoms with van der Waals surface area (Å²) in [5.41, 5.74) is 0.696. The predicted molar refractivity (Wildman–Crippen MR) is 156 cm³/mol. The summed E-state index contributed by atoms with van der Waals surface area (Å²) >= 11 is 0. The van der Waals surface area contributed by atoms with Crippen molar-refractivity contribution in [1.29, 1.82) is 0 Å². The number of amides is 1. The van der Waals surface area contributed by atoms with Gasteiger partial charge in [0.25, 0.3) is 21.6 Å². The van der Waals surface area contributed by atoms with Gasteiger partial charge in [-0.1, -0.05) is 18.2 Å². The largest absolute Gasteiger partial charge is 0.456 e. The monoisotopic (exact) mass is 577 g/mol. The van der Waals surface area contributed by atoms with Crippen LogP contribution in [0.5, 0.6) is 11.5 Å². The summed E-state index contributed by atoms with van der Waals surface area (Å²) in [5.74, 6) is -0.284. The molecular weight excluding hydrogens is 546 g/mol. The minimum absolute atomic E-state index is 0.00951. The van der Waals surface area contributed by atoms with E-state index in [4.69, 9.17) is 4.74 Å². The molecule has 0 radical (unpaired) electrons. The lowest BCUT2D eigenvalue weighted by Crippen LogP contribution is -2.36. The Morgan fingerprint density at radius 3 is 2.46 bits per heavy atom. The molecule has 5 rings (SSSR count). The molecule has 0 atom stereocenters. The number of aromatic amines is 1. The quantitative estimate of drug-likeness (QED) is 0.180. The first-order chi connectivity index (χ1) is 19.6. The highest BCUT2D eigenvalue weighted by Gasteiger charge is 2.28. The van der Waals surface area contributed by atoms with Crippen molar-refractivity contribution in [3.05, 3.63) is 88.6 Å². The lowest BCUT2D eigenvalue weighted by atomic mass is 9.90. The van der Waals surface area contributed by atoms with Crippen LogP contribution in [-0.2, 0) is 10.0 Å². The molecule has 0 aliphatic heterocycles. The number of anilines is 1. The smallest absolute Gasteiger partial charge is 0.293 e. The van der Waals surface area contributed by atoms with E-state index in [1.807, 2.05) is 31.0 Å². The van der Waals surface area contributed by atoms with Crippen LogP contribution in [0.15, 0.2) is 77.8 Å². The number of para-hydroxylation sites is 1. The highest BCUT2D eigenvalue weighted by molar-refractivity contribution is 7.90. The molecule has 11 nitrogen and oxygen atoms in total. The van der Waals surface area contributed by atoms with E-state index in [2.05, 4.69) is 15.2 Å². The van der Waals surface area contributed by atoms with E-state index in [-0.39, 0.29) is 28.7 Å². The van der Waals surface area contributed by atoms with Crippen molar-refractivity contribution >= 4 is 38.2 Å². The molecule has 1 amide bonds. The summed E-state index contributed by atoms with van der Waals surface area (Å²) < 4.78 is 34.4. The van der Waals surface area contributed by atoms with Crippen molar-refractivity contribution in [3.63, 3.8) is 0 Å². The molecule has 0 saturated heterocycles. The van der Waals surface area contributed by atoms with E-state index in [0.717, 1.165) is 42.7 Å². The number of sulfonamides is 1. The Morgan fingerprint density at radius 2 is 1.73 bits per heavy atom. The second-order valence-corrected chi connectivity index (χ2v) is 12.0. The topological polar surface area (TPSA) is 147 Å². The second kappa shape index (κ2) is 11.6. The molecule has 0 spiro atoms. The van der Waals surface area contributed by atoms with Gasteiger partial charge in [0, 0.05) is 35.2 Å². The zero-order valence-electron chi connectivity index (χ0n) is 22.7. The number of nitro groups is 1. The molecule has 1 aromatic heterocycles. The van der Waals surface area contributed by atoms with E-state index in [1.165, 1.54) is 18.2 Å². The highest BCUT2D eigenvalue weighted by atomic mass is 32.2. The standard InChI is InChI=1S/C29H31N5O6S/c1-33(2)20-12-10-19(11-13-20)31-25-15-14-21(18-26(25)34(36)37)41(38,39)32-29(35)23-6-3-4-8-28(23)40-27-9-5-7-24-22(27)16-17-30-24/h3-9,14-20,30-31H,10-13H2,1-2H3,(H,32,35). The Kier molecular flexibility index (Phi) is 7.95. The van der Waals surface area contributed by atoms with E-state index in [1.54, 1.807) is 36.5 Å². The zero-order valence-corrected chi connectivity index (χ0v) is 23.5. The Morgan fingerprint density at radius 1 is 1.00 bits per heavy atom. The first kappa shape index (κ1) is 28.1. The molecule has 1 fully saturated rings. The van der Waals surface area contributed by atoms with Crippen LogP contribution in [0.2, 0.25) is 0 Å². The normalized spacial score (nSPS) is 17.3. The van der Waals surface area contributed by atoms with Crippen LogP contribution in [-0.4, -0.2) is 55.3 Å². The third-order valence-electron chi connectivity index (χ3n) is 7.40. The Bertz CT molecular complexity index is 1690. The van der Waals surface area contributed by atoms with Crippen molar-refractivity contribution in [2.45, 2.75) is 42.7 Å².